The van der Waals surface area contributed by atoms with E-state index in [9.17, 15) is 19.5 Å². The highest BCUT2D eigenvalue weighted by atomic mass is 16.5. The maximum atomic E-state index is 13.3. The summed E-state index contributed by atoms with van der Waals surface area (Å²) in [6, 6.07) is 15.0. The SMILES string of the molecule is COCCC(NC(=O)OCC1c2ccccc2-c2ccccc21)C(=O)N1CCCCC1CC(=O)O. The van der Waals surface area contributed by atoms with Crippen molar-refractivity contribution in [1.29, 1.82) is 0 Å². The molecule has 0 radical (unpaired) electrons. The summed E-state index contributed by atoms with van der Waals surface area (Å²) in [6.07, 6.45) is 1.82. The lowest BCUT2D eigenvalue weighted by Gasteiger charge is -2.37. The zero-order valence-corrected chi connectivity index (χ0v) is 19.9. The Bertz CT molecular complexity index is 1030. The van der Waals surface area contributed by atoms with Crippen LogP contribution in [0.15, 0.2) is 48.5 Å². The Morgan fingerprint density at radius 3 is 2.34 bits per heavy atom. The normalized spacial score (nSPS) is 17.9. The Morgan fingerprint density at radius 1 is 1.06 bits per heavy atom. The highest BCUT2D eigenvalue weighted by Crippen LogP contribution is 2.44. The lowest BCUT2D eigenvalue weighted by atomic mass is 9.98. The van der Waals surface area contributed by atoms with Gasteiger partial charge in [0, 0.05) is 38.6 Å². The van der Waals surface area contributed by atoms with Crippen LogP contribution < -0.4 is 5.32 Å². The van der Waals surface area contributed by atoms with Crippen LogP contribution in [0.1, 0.15) is 49.1 Å². The summed E-state index contributed by atoms with van der Waals surface area (Å²) in [4.78, 5) is 39.0. The van der Waals surface area contributed by atoms with Crippen molar-refractivity contribution >= 4 is 18.0 Å². The molecule has 8 heteroatoms. The Morgan fingerprint density at radius 2 is 1.71 bits per heavy atom. The molecule has 2 N–H and O–H groups in total. The third-order valence-corrected chi connectivity index (χ3v) is 6.86. The molecule has 2 aromatic carbocycles. The first-order valence-corrected chi connectivity index (χ1v) is 12.1. The third-order valence-electron chi connectivity index (χ3n) is 6.86. The van der Waals surface area contributed by atoms with Crippen LogP contribution in [0.25, 0.3) is 11.1 Å². The van der Waals surface area contributed by atoms with E-state index in [4.69, 9.17) is 9.47 Å². The van der Waals surface area contributed by atoms with E-state index >= 15 is 0 Å². The summed E-state index contributed by atoms with van der Waals surface area (Å²) >= 11 is 0. The second-order valence-corrected chi connectivity index (χ2v) is 9.08. The molecule has 0 aromatic heterocycles. The minimum Gasteiger partial charge on any atom is -0.481 e. The molecule has 1 heterocycles. The number of likely N-dealkylation sites (tertiary alicyclic amines) is 1. The number of aliphatic carboxylic acids is 1. The Balaban J connectivity index is 1.43. The fourth-order valence-corrected chi connectivity index (χ4v) is 5.18. The Labute approximate surface area is 205 Å². The van der Waals surface area contributed by atoms with Gasteiger partial charge in [0.25, 0.3) is 0 Å². The number of amides is 2. The topological polar surface area (TPSA) is 105 Å². The first kappa shape index (κ1) is 24.7. The van der Waals surface area contributed by atoms with Gasteiger partial charge in [0.1, 0.15) is 12.6 Å². The van der Waals surface area contributed by atoms with Crippen molar-refractivity contribution in [2.24, 2.45) is 0 Å². The fraction of sp³-hybridized carbons (Fsp3) is 0.444. The molecule has 8 nitrogen and oxygen atoms in total. The third kappa shape index (κ3) is 5.65. The Kier molecular flexibility index (Phi) is 8.02. The minimum absolute atomic E-state index is 0.0803. The van der Waals surface area contributed by atoms with E-state index in [2.05, 4.69) is 17.4 Å². The van der Waals surface area contributed by atoms with Crippen molar-refractivity contribution in [2.45, 2.75) is 50.1 Å². The summed E-state index contributed by atoms with van der Waals surface area (Å²) in [5, 5.41) is 12.0. The van der Waals surface area contributed by atoms with Crippen molar-refractivity contribution < 1.29 is 29.0 Å². The standard InChI is InChI=1S/C27H32N2O6/c1-34-15-13-24(26(32)29-14-7-6-8-18(29)16-25(30)31)28-27(33)35-17-23-21-11-4-2-9-19(21)20-10-3-5-12-22(20)23/h2-5,9-12,18,23-24H,6-8,13-17H2,1H3,(H,28,33)(H,30,31). The number of hydrogen-bond donors (Lipinski definition) is 2. The van der Waals surface area contributed by atoms with Gasteiger partial charge in [0.05, 0.1) is 6.42 Å². The second-order valence-electron chi connectivity index (χ2n) is 9.08. The molecule has 1 aliphatic carbocycles. The van der Waals surface area contributed by atoms with E-state index in [1.54, 1.807) is 4.90 Å². The molecule has 1 fully saturated rings. The van der Waals surface area contributed by atoms with Crippen LogP contribution >= 0.6 is 0 Å². The lowest BCUT2D eigenvalue weighted by molar-refractivity contribution is -0.143. The van der Waals surface area contributed by atoms with Gasteiger partial charge in [-0.3, -0.25) is 9.59 Å². The van der Waals surface area contributed by atoms with Crippen LogP contribution in [0.5, 0.6) is 0 Å². The smallest absolute Gasteiger partial charge is 0.407 e. The molecule has 4 rings (SSSR count). The van der Waals surface area contributed by atoms with E-state index in [1.165, 1.54) is 7.11 Å². The molecular weight excluding hydrogens is 448 g/mol. The van der Waals surface area contributed by atoms with Crippen molar-refractivity contribution in [1.82, 2.24) is 10.2 Å². The van der Waals surface area contributed by atoms with E-state index < -0.39 is 18.1 Å². The van der Waals surface area contributed by atoms with Gasteiger partial charge >= 0.3 is 12.1 Å². The molecule has 0 bridgehead atoms. The van der Waals surface area contributed by atoms with Crippen LogP contribution in [0.4, 0.5) is 4.79 Å². The van der Waals surface area contributed by atoms with Crippen LogP contribution in [0.2, 0.25) is 0 Å². The van der Waals surface area contributed by atoms with Crippen LogP contribution in [-0.4, -0.2) is 66.9 Å². The van der Waals surface area contributed by atoms with Gasteiger partial charge in [-0.05, 0) is 41.5 Å². The van der Waals surface area contributed by atoms with Gasteiger partial charge < -0.3 is 24.8 Å². The highest BCUT2D eigenvalue weighted by Gasteiger charge is 2.34. The maximum Gasteiger partial charge on any atom is 0.407 e. The number of carboxylic acid groups (broad SMARTS) is 1. The summed E-state index contributed by atoms with van der Waals surface area (Å²) < 4.78 is 10.8. The average Bonchev–Trinajstić information content (AvgIpc) is 3.18. The monoisotopic (exact) mass is 480 g/mol. The maximum absolute atomic E-state index is 13.3. The van der Waals surface area contributed by atoms with E-state index in [1.807, 2.05) is 36.4 Å². The zero-order chi connectivity index (χ0) is 24.8. The van der Waals surface area contributed by atoms with Crippen LogP contribution in [0.3, 0.4) is 0 Å². The summed E-state index contributed by atoms with van der Waals surface area (Å²) in [6.45, 7) is 0.903. The first-order chi connectivity index (χ1) is 17.0. The molecule has 186 valence electrons. The van der Waals surface area contributed by atoms with Crippen LogP contribution in [0, 0.1) is 0 Å². The number of fused-ring (bicyclic) bond motifs is 3. The molecule has 1 saturated heterocycles. The number of methoxy groups -OCH3 is 1. The number of hydrogen-bond acceptors (Lipinski definition) is 5. The molecule has 1 aliphatic heterocycles. The molecule has 0 spiro atoms. The predicted octanol–water partition coefficient (Wildman–Crippen LogP) is 3.79. The van der Waals surface area contributed by atoms with Crippen molar-refractivity contribution in [2.75, 3.05) is 26.9 Å². The van der Waals surface area contributed by atoms with E-state index in [0.29, 0.717) is 13.0 Å². The molecular formula is C27H32N2O6. The second kappa shape index (κ2) is 11.4. The zero-order valence-electron chi connectivity index (χ0n) is 19.9. The highest BCUT2D eigenvalue weighted by molar-refractivity contribution is 5.86. The van der Waals surface area contributed by atoms with Gasteiger partial charge in [0.15, 0.2) is 0 Å². The number of rotatable bonds is 9. The molecule has 2 atom stereocenters. The number of benzene rings is 2. The number of nitrogens with one attached hydrogen (secondary N) is 1. The van der Waals surface area contributed by atoms with Gasteiger partial charge in [-0.2, -0.15) is 0 Å². The fourth-order valence-electron chi connectivity index (χ4n) is 5.18. The van der Waals surface area contributed by atoms with Gasteiger partial charge in [-0.15, -0.1) is 0 Å². The molecule has 35 heavy (non-hydrogen) atoms. The number of piperidine rings is 1. The number of alkyl carbamates (subject to hydrolysis) is 1. The summed E-state index contributed by atoms with van der Waals surface area (Å²) in [7, 11) is 1.53. The molecule has 0 saturated carbocycles. The van der Waals surface area contributed by atoms with Crippen LogP contribution in [-0.2, 0) is 19.1 Å². The summed E-state index contributed by atoms with van der Waals surface area (Å²) in [5.74, 6) is -1.31. The first-order valence-electron chi connectivity index (χ1n) is 12.1. The largest absolute Gasteiger partial charge is 0.481 e. The summed E-state index contributed by atoms with van der Waals surface area (Å²) in [5.41, 5.74) is 4.50. The predicted molar refractivity (Wildman–Crippen MR) is 130 cm³/mol. The van der Waals surface area contributed by atoms with Crippen molar-refractivity contribution in [3.8, 4) is 11.1 Å². The van der Waals surface area contributed by atoms with Gasteiger partial charge in [0.2, 0.25) is 5.91 Å². The molecule has 2 unspecified atom stereocenters. The number of carboxylic acids is 1. The van der Waals surface area contributed by atoms with Gasteiger partial charge in [-0.25, -0.2) is 4.79 Å². The minimum atomic E-state index is -0.937. The van der Waals surface area contributed by atoms with Crippen molar-refractivity contribution in [3.63, 3.8) is 0 Å². The molecule has 2 aromatic rings. The number of carbonyl (C=O) groups is 3. The van der Waals surface area contributed by atoms with Gasteiger partial charge in [-0.1, -0.05) is 48.5 Å². The number of ether oxygens (including phenoxy) is 2. The van der Waals surface area contributed by atoms with Crippen molar-refractivity contribution in [3.05, 3.63) is 59.7 Å². The number of carbonyl (C=O) groups excluding carboxylic acids is 2. The lowest BCUT2D eigenvalue weighted by Crippen LogP contribution is -2.54. The molecule has 2 aliphatic rings. The quantitative estimate of drug-likeness (QED) is 0.566. The van der Waals surface area contributed by atoms with E-state index in [0.717, 1.165) is 35.1 Å². The molecule has 2 amide bonds. The van der Waals surface area contributed by atoms with E-state index in [-0.39, 0.29) is 43.9 Å². The average molecular weight is 481 g/mol. The number of nitrogens with zero attached hydrogens (tertiary/aromatic N) is 1. The Hall–Kier alpha value is -3.39.